The van der Waals surface area contributed by atoms with Gasteiger partial charge < -0.3 is 14.4 Å². The molecule has 1 aromatic rings. The maximum atomic E-state index is 13.0. The number of methoxy groups -OCH3 is 1. The number of benzene rings is 1. The first-order valence-corrected chi connectivity index (χ1v) is 9.88. The van der Waals surface area contributed by atoms with Crippen LogP contribution in [0.15, 0.2) is 24.3 Å². The smallest absolute Gasteiger partial charge is 0.248 e. The van der Waals surface area contributed by atoms with Crippen LogP contribution in [0.25, 0.3) is 0 Å². The Hall–Kier alpha value is -1.59. The Balaban J connectivity index is 1.65. The number of hydrogen-bond donors (Lipinski definition) is 0. The fourth-order valence-corrected chi connectivity index (χ4v) is 5.27. The summed E-state index contributed by atoms with van der Waals surface area (Å²) in [6, 6.07) is 9.02. The van der Waals surface area contributed by atoms with E-state index in [0.717, 1.165) is 25.4 Å². The lowest BCUT2D eigenvalue weighted by Gasteiger charge is -2.51. The Morgan fingerprint density at radius 2 is 1.92 bits per heavy atom. The van der Waals surface area contributed by atoms with Gasteiger partial charge in [-0.1, -0.05) is 18.2 Å². The first kappa shape index (κ1) is 17.8. The van der Waals surface area contributed by atoms with E-state index in [4.69, 9.17) is 9.47 Å². The van der Waals surface area contributed by atoms with Gasteiger partial charge >= 0.3 is 0 Å². The van der Waals surface area contributed by atoms with Crippen molar-refractivity contribution in [1.29, 1.82) is 0 Å². The van der Waals surface area contributed by atoms with Crippen LogP contribution in [-0.4, -0.2) is 67.2 Å². The molecule has 0 aromatic heterocycles. The van der Waals surface area contributed by atoms with Crippen LogP contribution < -0.4 is 4.74 Å². The van der Waals surface area contributed by atoms with Crippen molar-refractivity contribution >= 4 is 5.91 Å². The zero-order valence-corrected chi connectivity index (χ0v) is 16.1. The number of hydrogen-bond acceptors (Lipinski definition) is 4. The molecular formula is C21H30N2O3. The number of fused-ring (bicyclic) bond motifs is 2. The molecule has 1 amide bonds. The highest BCUT2D eigenvalue weighted by molar-refractivity contribution is 5.78. The third-order valence-corrected chi connectivity index (χ3v) is 6.39. The second kappa shape index (κ2) is 7.20. The molecule has 4 heterocycles. The summed E-state index contributed by atoms with van der Waals surface area (Å²) in [5, 5.41) is 0. The fourth-order valence-electron chi connectivity index (χ4n) is 5.27. The monoisotopic (exact) mass is 358 g/mol. The van der Waals surface area contributed by atoms with Gasteiger partial charge in [-0.05, 0) is 51.8 Å². The number of para-hydroxylation sites is 1. The highest BCUT2D eigenvalue weighted by Gasteiger charge is 2.54. The number of nitrogens with zero attached hydrogens (tertiary/aromatic N) is 2. The van der Waals surface area contributed by atoms with E-state index in [9.17, 15) is 4.79 Å². The third kappa shape index (κ3) is 3.01. The van der Waals surface area contributed by atoms with E-state index >= 15 is 0 Å². The predicted octanol–water partition coefficient (Wildman–Crippen LogP) is 2.51. The predicted molar refractivity (Wildman–Crippen MR) is 100 cm³/mol. The van der Waals surface area contributed by atoms with Crippen LogP contribution in [0.2, 0.25) is 0 Å². The van der Waals surface area contributed by atoms with E-state index in [1.807, 2.05) is 26.0 Å². The molecule has 4 fully saturated rings. The summed E-state index contributed by atoms with van der Waals surface area (Å²) in [6.45, 7) is 7.22. The SMILES string of the molecule is COc1ccccc1[C@H]1CN(C(=O)COC(C)C)[C@H]2C3CCN(CC3)[C@@H]12. The zero-order valence-electron chi connectivity index (χ0n) is 16.1. The van der Waals surface area contributed by atoms with Crippen molar-refractivity contribution < 1.29 is 14.3 Å². The molecule has 5 nitrogen and oxygen atoms in total. The largest absolute Gasteiger partial charge is 0.496 e. The average Bonchev–Trinajstić information content (AvgIpc) is 3.09. The van der Waals surface area contributed by atoms with E-state index in [0.29, 0.717) is 23.9 Å². The molecule has 0 N–H and O–H groups in total. The number of amides is 1. The van der Waals surface area contributed by atoms with E-state index in [2.05, 4.69) is 21.9 Å². The summed E-state index contributed by atoms with van der Waals surface area (Å²) in [5.41, 5.74) is 1.23. The number of rotatable bonds is 5. The summed E-state index contributed by atoms with van der Waals surface area (Å²) < 4.78 is 11.3. The highest BCUT2D eigenvalue weighted by atomic mass is 16.5. The quantitative estimate of drug-likeness (QED) is 0.811. The van der Waals surface area contributed by atoms with Crippen LogP contribution >= 0.6 is 0 Å². The molecule has 5 heteroatoms. The molecule has 0 saturated carbocycles. The summed E-state index contributed by atoms with van der Waals surface area (Å²) in [6.07, 6.45) is 2.48. The van der Waals surface area contributed by atoms with Crippen LogP contribution in [0.3, 0.4) is 0 Å². The van der Waals surface area contributed by atoms with Crippen LogP contribution in [0, 0.1) is 5.92 Å². The summed E-state index contributed by atoms with van der Waals surface area (Å²) in [4.78, 5) is 17.7. The van der Waals surface area contributed by atoms with Gasteiger partial charge in [0.1, 0.15) is 12.4 Å². The molecule has 2 bridgehead atoms. The number of carbonyl (C=O) groups excluding carboxylic acids is 1. The first-order chi connectivity index (χ1) is 12.6. The minimum Gasteiger partial charge on any atom is -0.496 e. The zero-order chi connectivity index (χ0) is 18.3. The van der Waals surface area contributed by atoms with Crippen molar-refractivity contribution in [1.82, 2.24) is 9.80 Å². The van der Waals surface area contributed by atoms with Crippen LogP contribution in [-0.2, 0) is 9.53 Å². The number of likely N-dealkylation sites (tertiary alicyclic amines) is 1. The highest BCUT2D eigenvalue weighted by Crippen LogP contribution is 2.48. The number of piperidine rings is 3. The number of ether oxygens (including phenoxy) is 2. The van der Waals surface area contributed by atoms with Gasteiger partial charge in [-0.3, -0.25) is 9.69 Å². The summed E-state index contributed by atoms with van der Waals surface area (Å²) in [7, 11) is 1.73. The van der Waals surface area contributed by atoms with Gasteiger partial charge in [0.2, 0.25) is 5.91 Å². The molecule has 4 aliphatic heterocycles. The lowest BCUT2D eigenvalue weighted by Crippen LogP contribution is -2.61. The van der Waals surface area contributed by atoms with Crippen molar-refractivity contribution in [2.75, 3.05) is 33.4 Å². The van der Waals surface area contributed by atoms with Crippen molar-refractivity contribution in [3.05, 3.63) is 29.8 Å². The standard InChI is InChI=1S/C21H30N2O3/c1-14(2)26-13-19(24)23-12-17(16-6-4-5-7-18(16)25-3)21-20(23)15-8-10-22(21)11-9-15/h4-7,14-15,17,20-21H,8-13H2,1-3H3/t17-,20+,21+/m1/s1. The van der Waals surface area contributed by atoms with E-state index in [1.165, 1.54) is 18.4 Å². The van der Waals surface area contributed by atoms with Gasteiger partial charge in [-0.2, -0.15) is 0 Å². The van der Waals surface area contributed by atoms with Crippen molar-refractivity contribution in [2.24, 2.45) is 5.92 Å². The van der Waals surface area contributed by atoms with Gasteiger partial charge in [0.25, 0.3) is 0 Å². The van der Waals surface area contributed by atoms with Gasteiger partial charge in [0.05, 0.1) is 19.3 Å². The summed E-state index contributed by atoms with van der Waals surface area (Å²) in [5.74, 6) is 2.00. The Morgan fingerprint density at radius 1 is 1.19 bits per heavy atom. The lowest BCUT2D eigenvalue weighted by molar-refractivity contribution is -0.142. The topological polar surface area (TPSA) is 42.0 Å². The molecule has 0 unspecified atom stereocenters. The minimum absolute atomic E-state index is 0.0777. The Kier molecular flexibility index (Phi) is 4.93. The number of carbonyl (C=O) groups is 1. The Bertz CT molecular complexity index is 654. The van der Waals surface area contributed by atoms with Crippen LogP contribution in [0.1, 0.15) is 38.2 Å². The molecule has 0 radical (unpaired) electrons. The Labute approximate surface area is 156 Å². The third-order valence-electron chi connectivity index (χ3n) is 6.39. The van der Waals surface area contributed by atoms with E-state index < -0.39 is 0 Å². The maximum Gasteiger partial charge on any atom is 0.248 e. The van der Waals surface area contributed by atoms with Gasteiger partial charge in [0.15, 0.2) is 0 Å². The van der Waals surface area contributed by atoms with Gasteiger partial charge in [-0.25, -0.2) is 0 Å². The molecule has 4 saturated heterocycles. The molecule has 0 spiro atoms. The molecule has 4 aliphatic rings. The average molecular weight is 358 g/mol. The van der Waals surface area contributed by atoms with Crippen LogP contribution in [0.5, 0.6) is 5.75 Å². The summed E-state index contributed by atoms with van der Waals surface area (Å²) >= 11 is 0. The van der Waals surface area contributed by atoms with Gasteiger partial charge in [-0.15, -0.1) is 0 Å². The normalized spacial score (nSPS) is 32.8. The molecule has 26 heavy (non-hydrogen) atoms. The second-order valence-electron chi connectivity index (χ2n) is 8.11. The van der Waals surface area contributed by atoms with E-state index in [1.54, 1.807) is 7.11 Å². The van der Waals surface area contributed by atoms with Crippen LogP contribution in [0.4, 0.5) is 0 Å². The molecule has 0 aliphatic carbocycles. The van der Waals surface area contributed by atoms with Gasteiger partial charge in [0, 0.05) is 24.1 Å². The van der Waals surface area contributed by atoms with E-state index in [-0.39, 0.29) is 18.6 Å². The van der Waals surface area contributed by atoms with Crippen molar-refractivity contribution in [2.45, 2.75) is 50.8 Å². The van der Waals surface area contributed by atoms with Crippen molar-refractivity contribution in [3.63, 3.8) is 0 Å². The molecule has 5 rings (SSSR count). The second-order valence-corrected chi connectivity index (χ2v) is 8.11. The molecule has 3 atom stereocenters. The lowest BCUT2D eigenvalue weighted by atomic mass is 9.75. The molecular weight excluding hydrogens is 328 g/mol. The first-order valence-electron chi connectivity index (χ1n) is 9.88. The minimum atomic E-state index is 0.0777. The molecule has 1 aromatic carbocycles. The Morgan fingerprint density at radius 3 is 2.62 bits per heavy atom. The maximum absolute atomic E-state index is 13.0. The van der Waals surface area contributed by atoms with Crippen molar-refractivity contribution in [3.8, 4) is 5.75 Å². The fraction of sp³-hybridized carbons (Fsp3) is 0.667. The molecule has 142 valence electrons.